The third kappa shape index (κ3) is 2.22. The van der Waals surface area contributed by atoms with Crippen molar-refractivity contribution in [3.63, 3.8) is 0 Å². The highest BCUT2D eigenvalue weighted by Crippen LogP contribution is 2.06. The maximum Gasteiger partial charge on any atom is 0.311 e. The lowest BCUT2D eigenvalue weighted by atomic mass is 10.2. The highest BCUT2D eigenvalue weighted by atomic mass is 16.4. The summed E-state index contributed by atoms with van der Waals surface area (Å²) in [5.74, 6) is -0.767. The van der Waals surface area contributed by atoms with E-state index in [0.717, 1.165) is 11.3 Å². The van der Waals surface area contributed by atoms with Crippen molar-refractivity contribution in [2.75, 3.05) is 0 Å². The Bertz CT molecular complexity index is 504. The van der Waals surface area contributed by atoms with Gasteiger partial charge in [-0.25, -0.2) is 0 Å². The SMILES string of the molecule is Cc1ccc(-n2nnc(CC(=O)O)n2)cc1. The first-order valence-electron chi connectivity index (χ1n) is 4.73. The standard InChI is InChI=1S/C10H10N4O2/c1-7-2-4-8(5-3-7)14-12-9(11-13-14)6-10(15)16/h2-5H,6H2,1H3,(H,15,16). The molecule has 0 bridgehead atoms. The minimum absolute atomic E-state index is 0.202. The molecule has 0 aliphatic rings. The Morgan fingerprint density at radius 3 is 2.69 bits per heavy atom. The van der Waals surface area contributed by atoms with Crippen molar-refractivity contribution in [1.29, 1.82) is 0 Å². The summed E-state index contributed by atoms with van der Waals surface area (Å²) < 4.78 is 0. The fraction of sp³-hybridized carbons (Fsp3) is 0.200. The number of carboxylic acid groups (broad SMARTS) is 1. The van der Waals surface area contributed by atoms with E-state index >= 15 is 0 Å². The fourth-order valence-electron chi connectivity index (χ4n) is 1.24. The summed E-state index contributed by atoms with van der Waals surface area (Å²) in [6.45, 7) is 1.98. The van der Waals surface area contributed by atoms with E-state index in [1.165, 1.54) is 4.80 Å². The maximum absolute atomic E-state index is 10.4. The Kier molecular flexibility index (Phi) is 2.63. The molecule has 0 saturated carbocycles. The molecule has 2 rings (SSSR count). The molecule has 0 radical (unpaired) electrons. The number of rotatable bonds is 3. The third-order valence-corrected chi connectivity index (χ3v) is 2.03. The van der Waals surface area contributed by atoms with Gasteiger partial charge in [0, 0.05) is 0 Å². The van der Waals surface area contributed by atoms with Gasteiger partial charge in [-0.3, -0.25) is 4.79 Å². The number of tetrazole rings is 1. The molecule has 0 amide bonds. The van der Waals surface area contributed by atoms with E-state index < -0.39 is 5.97 Å². The van der Waals surface area contributed by atoms with Crippen LogP contribution in [0.5, 0.6) is 0 Å². The van der Waals surface area contributed by atoms with E-state index in [-0.39, 0.29) is 12.2 Å². The Labute approximate surface area is 91.5 Å². The summed E-state index contributed by atoms with van der Waals surface area (Å²) in [7, 11) is 0. The highest BCUT2D eigenvalue weighted by Gasteiger charge is 2.08. The number of hydrogen-bond donors (Lipinski definition) is 1. The molecule has 0 spiro atoms. The molecular formula is C10H10N4O2. The summed E-state index contributed by atoms with van der Waals surface area (Å²) in [5, 5.41) is 20.0. The number of aromatic nitrogens is 4. The second-order valence-electron chi connectivity index (χ2n) is 3.40. The van der Waals surface area contributed by atoms with Gasteiger partial charge in [0.2, 0.25) is 0 Å². The molecule has 82 valence electrons. The Hall–Kier alpha value is -2.24. The first kappa shape index (κ1) is 10.3. The molecule has 0 saturated heterocycles. The molecular weight excluding hydrogens is 208 g/mol. The monoisotopic (exact) mass is 218 g/mol. The number of hydrogen-bond acceptors (Lipinski definition) is 4. The molecule has 0 fully saturated rings. The fourth-order valence-corrected chi connectivity index (χ4v) is 1.24. The third-order valence-electron chi connectivity index (χ3n) is 2.03. The zero-order valence-corrected chi connectivity index (χ0v) is 8.66. The van der Waals surface area contributed by atoms with Crippen molar-refractivity contribution in [1.82, 2.24) is 20.2 Å². The molecule has 16 heavy (non-hydrogen) atoms. The average molecular weight is 218 g/mol. The van der Waals surface area contributed by atoms with E-state index in [2.05, 4.69) is 15.4 Å². The zero-order chi connectivity index (χ0) is 11.5. The van der Waals surface area contributed by atoms with Crippen LogP contribution < -0.4 is 0 Å². The number of carboxylic acids is 1. The molecule has 0 aliphatic carbocycles. The van der Waals surface area contributed by atoms with Gasteiger partial charge in [-0.15, -0.1) is 15.0 Å². The van der Waals surface area contributed by atoms with Gasteiger partial charge in [0.15, 0.2) is 5.82 Å². The topological polar surface area (TPSA) is 80.9 Å². The molecule has 1 aromatic heterocycles. The lowest BCUT2D eigenvalue weighted by Crippen LogP contribution is -2.03. The van der Waals surface area contributed by atoms with Crippen molar-refractivity contribution in [3.05, 3.63) is 35.7 Å². The molecule has 2 aromatic rings. The predicted octanol–water partition coefficient (Wildman–Crippen LogP) is 0.598. The number of aryl methyl sites for hydroxylation is 1. The summed E-state index contributed by atoms with van der Waals surface area (Å²) in [4.78, 5) is 11.8. The normalized spacial score (nSPS) is 10.3. The van der Waals surface area contributed by atoms with Crippen molar-refractivity contribution in [3.8, 4) is 5.69 Å². The van der Waals surface area contributed by atoms with Crippen LogP contribution in [0.2, 0.25) is 0 Å². The first-order chi connectivity index (χ1) is 7.65. The maximum atomic E-state index is 10.4. The van der Waals surface area contributed by atoms with E-state index in [4.69, 9.17) is 5.11 Å². The highest BCUT2D eigenvalue weighted by molar-refractivity contribution is 5.68. The first-order valence-corrected chi connectivity index (χ1v) is 4.73. The average Bonchev–Trinajstić information content (AvgIpc) is 2.66. The number of aliphatic carboxylic acids is 1. The lowest BCUT2D eigenvalue weighted by molar-refractivity contribution is -0.136. The van der Waals surface area contributed by atoms with Crippen molar-refractivity contribution in [2.24, 2.45) is 0 Å². The second-order valence-corrected chi connectivity index (χ2v) is 3.40. The number of benzene rings is 1. The predicted molar refractivity (Wildman–Crippen MR) is 55.2 cm³/mol. The van der Waals surface area contributed by atoms with Crippen molar-refractivity contribution < 1.29 is 9.90 Å². The van der Waals surface area contributed by atoms with E-state index in [1.807, 2.05) is 31.2 Å². The minimum atomic E-state index is -0.969. The second kappa shape index (κ2) is 4.09. The van der Waals surface area contributed by atoms with Gasteiger partial charge < -0.3 is 5.11 Å². The molecule has 0 aliphatic heterocycles. The van der Waals surface area contributed by atoms with Crippen molar-refractivity contribution in [2.45, 2.75) is 13.3 Å². The van der Waals surface area contributed by atoms with Crippen LogP contribution in [-0.4, -0.2) is 31.3 Å². The summed E-state index contributed by atoms with van der Waals surface area (Å²) >= 11 is 0. The van der Waals surface area contributed by atoms with Gasteiger partial charge in [0.05, 0.1) is 5.69 Å². The smallest absolute Gasteiger partial charge is 0.311 e. The number of nitrogens with zero attached hydrogens (tertiary/aromatic N) is 4. The van der Waals surface area contributed by atoms with Gasteiger partial charge in [-0.2, -0.15) is 0 Å². The Morgan fingerprint density at radius 1 is 1.38 bits per heavy atom. The van der Waals surface area contributed by atoms with Crippen LogP contribution in [0, 0.1) is 6.92 Å². The van der Waals surface area contributed by atoms with Crippen molar-refractivity contribution >= 4 is 5.97 Å². The van der Waals surface area contributed by atoms with Crippen LogP contribution in [-0.2, 0) is 11.2 Å². The molecule has 1 N–H and O–H groups in total. The molecule has 1 heterocycles. The summed E-state index contributed by atoms with van der Waals surface area (Å²) in [6.07, 6.45) is -0.216. The molecule has 6 nitrogen and oxygen atoms in total. The Morgan fingerprint density at radius 2 is 2.06 bits per heavy atom. The van der Waals surface area contributed by atoms with Crippen LogP contribution in [0.4, 0.5) is 0 Å². The molecule has 0 unspecified atom stereocenters. The van der Waals surface area contributed by atoms with Crippen LogP contribution >= 0.6 is 0 Å². The minimum Gasteiger partial charge on any atom is -0.481 e. The van der Waals surface area contributed by atoms with Crippen LogP contribution in [0.25, 0.3) is 5.69 Å². The van der Waals surface area contributed by atoms with Gasteiger partial charge in [-0.05, 0) is 24.3 Å². The van der Waals surface area contributed by atoms with Gasteiger partial charge in [0.25, 0.3) is 0 Å². The molecule has 0 atom stereocenters. The summed E-state index contributed by atoms with van der Waals surface area (Å²) in [6, 6.07) is 7.55. The van der Waals surface area contributed by atoms with Crippen LogP contribution in [0.3, 0.4) is 0 Å². The molecule has 1 aromatic carbocycles. The van der Waals surface area contributed by atoms with Crippen LogP contribution in [0.15, 0.2) is 24.3 Å². The van der Waals surface area contributed by atoms with Gasteiger partial charge >= 0.3 is 5.97 Å². The van der Waals surface area contributed by atoms with Gasteiger partial charge in [0.1, 0.15) is 6.42 Å². The lowest BCUT2D eigenvalue weighted by Gasteiger charge is -1.97. The van der Waals surface area contributed by atoms with E-state index in [9.17, 15) is 4.79 Å². The largest absolute Gasteiger partial charge is 0.481 e. The zero-order valence-electron chi connectivity index (χ0n) is 8.66. The number of carbonyl (C=O) groups is 1. The van der Waals surface area contributed by atoms with Crippen LogP contribution in [0.1, 0.15) is 11.4 Å². The molecule has 6 heteroatoms. The quantitative estimate of drug-likeness (QED) is 0.815. The van der Waals surface area contributed by atoms with E-state index in [1.54, 1.807) is 0 Å². The summed E-state index contributed by atoms with van der Waals surface area (Å²) in [5.41, 5.74) is 1.89. The van der Waals surface area contributed by atoms with Gasteiger partial charge in [-0.1, -0.05) is 17.7 Å². The Balaban J connectivity index is 2.24. The van der Waals surface area contributed by atoms with E-state index in [0.29, 0.717) is 0 Å².